The van der Waals surface area contributed by atoms with Crippen molar-refractivity contribution in [1.82, 2.24) is 4.90 Å². The van der Waals surface area contributed by atoms with Crippen molar-refractivity contribution in [2.75, 3.05) is 18.9 Å². The SMILES string of the molecule is CC1CC(N=C(N)Nc2ccccc2)CCN1C. The predicted octanol–water partition coefficient (Wildman–Crippen LogP) is 1.90. The molecule has 0 spiro atoms. The lowest BCUT2D eigenvalue weighted by Crippen LogP contribution is -2.40. The first kappa shape index (κ1) is 12.9. The number of guanidine groups is 1. The number of para-hydroxylation sites is 1. The topological polar surface area (TPSA) is 53.6 Å². The summed E-state index contributed by atoms with van der Waals surface area (Å²) in [5.41, 5.74) is 6.93. The highest BCUT2D eigenvalue weighted by atomic mass is 15.2. The number of hydrogen-bond acceptors (Lipinski definition) is 2. The summed E-state index contributed by atoms with van der Waals surface area (Å²) < 4.78 is 0. The Morgan fingerprint density at radius 1 is 1.39 bits per heavy atom. The van der Waals surface area contributed by atoms with Gasteiger partial charge in [-0.1, -0.05) is 18.2 Å². The Balaban J connectivity index is 1.92. The highest BCUT2D eigenvalue weighted by Gasteiger charge is 2.22. The highest BCUT2D eigenvalue weighted by molar-refractivity contribution is 5.92. The summed E-state index contributed by atoms with van der Waals surface area (Å²) in [7, 11) is 2.16. The molecule has 1 aromatic carbocycles. The lowest BCUT2D eigenvalue weighted by Gasteiger charge is -2.33. The Hall–Kier alpha value is -1.55. The molecule has 2 unspecified atom stereocenters. The van der Waals surface area contributed by atoms with Crippen LogP contribution in [0.2, 0.25) is 0 Å². The largest absolute Gasteiger partial charge is 0.370 e. The van der Waals surface area contributed by atoms with Gasteiger partial charge in [-0.15, -0.1) is 0 Å². The molecule has 0 aliphatic carbocycles. The van der Waals surface area contributed by atoms with Gasteiger partial charge in [-0.2, -0.15) is 0 Å². The van der Waals surface area contributed by atoms with Crippen LogP contribution in [0.4, 0.5) is 5.69 Å². The van der Waals surface area contributed by atoms with Gasteiger partial charge in [0.25, 0.3) is 0 Å². The van der Waals surface area contributed by atoms with Crippen molar-refractivity contribution in [2.24, 2.45) is 10.7 Å². The second-order valence-electron chi connectivity index (χ2n) is 5.01. The summed E-state index contributed by atoms with van der Waals surface area (Å²) in [5, 5.41) is 3.13. The molecule has 2 atom stereocenters. The second-order valence-corrected chi connectivity index (χ2v) is 5.01. The van der Waals surface area contributed by atoms with E-state index >= 15 is 0 Å². The molecule has 98 valence electrons. The van der Waals surface area contributed by atoms with Gasteiger partial charge in [-0.3, -0.25) is 0 Å². The molecular weight excluding hydrogens is 224 g/mol. The van der Waals surface area contributed by atoms with Crippen LogP contribution in [-0.2, 0) is 0 Å². The van der Waals surface area contributed by atoms with Crippen molar-refractivity contribution in [2.45, 2.75) is 31.8 Å². The molecule has 4 nitrogen and oxygen atoms in total. The Labute approximate surface area is 109 Å². The van der Waals surface area contributed by atoms with Gasteiger partial charge < -0.3 is 16.0 Å². The van der Waals surface area contributed by atoms with Crippen molar-refractivity contribution in [3.05, 3.63) is 30.3 Å². The van der Waals surface area contributed by atoms with Gasteiger partial charge in [-0.25, -0.2) is 4.99 Å². The van der Waals surface area contributed by atoms with Crippen LogP contribution in [0.25, 0.3) is 0 Å². The van der Waals surface area contributed by atoms with Gasteiger partial charge in [0.1, 0.15) is 0 Å². The average Bonchev–Trinajstić information content (AvgIpc) is 2.35. The normalized spacial score (nSPS) is 26.0. The number of nitrogens with zero attached hydrogens (tertiary/aromatic N) is 2. The fraction of sp³-hybridized carbons (Fsp3) is 0.500. The molecule has 4 heteroatoms. The second kappa shape index (κ2) is 5.87. The van der Waals surface area contributed by atoms with Crippen LogP contribution < -0.4 is 11.1 Å². The quantitative estimate of drug-likeness (QED) is 0.619. The summed E-state index contributed by atoms with van der Waals surface area (Å²) in [6, 6.07) is 10.8. The average molecular weight is 246 g/mol. The number of likely N-dealkylation sites (tertiary alicyclic amines) is 1. The van der Waals surface area contributed by atoms with E-state index in [0.717, 1.165) is 25.1 Å². The zero-order chi connectivity index (χ0) is 13.0. The first-order valence-corrected chi connectivity index (χ1v) is 6.50. The van der Waals surface area contributed by atoms with Crippen molar-refractivity contribution < 1.29 is 0 Å². The molecule has 1 fully saturated rings. The standard InChI is InChI=1S/C14H22N4/c1-11-10-13(8-9-18(11)2)17-14(15)16-12-6-4-3-5-7-12/h3-7,11,13H,8-10H2,1-2H3,(H3,15,16,17). The third kappa shape index (κ3) is 3.47. The van der Waals surface area contributed by atoms with Crippen LogP contribution in [0.5, 0.6) is 0 Å². The van der Waals surface area contributed by atoms with Crippen molar-refractivity contribution in [3.8, 4) is 0 Å². The van der Waals surface area contributed by atoms with Gasteiger partial charge in [0, 0.05) is 18.3 Å². The number of aliphatic imine (C=N–C) groups is 1. The van der Waals surface area contributed by atoms with Gasteiger partial charge in [0.05, 0.1) is 6.04 Å². The van der Waals surface area contributed by atoms with Crippen molar-refractivity contribution in [1.29, 1.82) is 0 Å². The lowest BCUT2D eigenvalue weighted by atomic mass is 10.00. The van der Waals surface area contributed by atoms with E-state index in [0.29, 0.717) is 18.0 Å². The number of rotatable bonds is 2. The van der Waals surface area contributed by atoms with Crippen molar-refractivity contribution >= 4 is 11.6 Å². The van der Waals surface area contributed by atoms with E-state index in [4.69, 9.17) is 5.73 Å². The third-order valence-electron chi connectivity index (χ3n) is 3.55. The minimum atomic E-state index is 0.340. The van der Waals surface area contributed by atoms with Gasteiger partial charge in [0.15, 0.2) is 5.96 Å². The zero-order valence-electron chi connectivity index (χ0n) is 11.1. The van der Waals surface area contributed by atoms with Gasteiger partial charge >= 0.3 is 0 Å². The molecule has 3 N–H and O–H groups in total. The fourth-order valence-electron chi connectivity index (χ4n) is 2.28. The van der Waals surface area contributed by atoms with E-state index in [-0.39, 0.29) is 0 Å². The van der Waals surface area contributed by atoms with E-state index in [1.807, 2.05) is 30.3 Å². The molecule has 0 aromatic heterocycles. The Bertz CT molecular complexity index is 402. The lowest BCUT2D eigenvalue weighted by molar-refractivity contribution is 0.184. The smallest absolute Gasteiger partial charge is 0.193 e. The van der Waals surface area contributed by atoms with E-state index in [9.17, 15) is 0 Å². The molecule has 0 radical (unpaired) electrons. The summed E-state index contributed by atoms with van der Waals surface area (Å²) in [4.78, 5) is 6.94. The third-order valence-corrected chi connectivity index (χ3v) is 3.55. The van der Waals surface area contributed by atoms with Crippen LogP contribution in [-0.4, -0.2) is 36.5 Å². The monoisotopic (exact) mass is 246 g/mol. The molecule has 1 aromatic rings. The molecule has 1 aliphatic rings. The maximum atomic E-state index is 5.94. The Morgan fingerprint density at radius 2 is 2.11 bits per heavy atom. The number of piperidine rings is 1. The maximum Gasteiger partial charge on any atom is 0.193 e. The fourth-order valence-corrected chi connectivity index (χ4v) is 2.28. The highest BCUT2D eigenvalue weighted by Crippen LogP contribution is 2.18. The number of benzene rings is 1. The molecule has 0 saturated carbocycles. The maximum absolute atomic E-state index is 5.94. The number of anilines is 1. The van der Waals surface area contributed by atoms with Gasteiger partial charge in [0.2, 0.25) is 0 Å². The first-order valence-electron chi connectivity index (χ1n) is 6.50. The van der Waals surface area contributed by atoms with E-state index < -0.39 is 0 Å². The molecule has 1 saturated heterocycles. The van der Waals surface area contributed by atoms with E-state index in [2.05, 4.69) is 29.2 Å². The van der Waals surface area contributed by atoms with Gasteiger partial charge in [-0.05, 0) is 38.9 Å². The van der Waals surface area contributed by atoms with Crippen LogP contribution in [0, 0.1) is 0 Å². The van der Waals surface area contributed by atoms with Crippen LogP contribution in [0.3, 0.4) is 0 Å². The van der Waals surface area contributed by atoms with Crippen LogP contribution in [0.1, 0.15) is 19.8 Å². The van der Waals surface area contributed by atoms with Crippen molar-refractivity contribution in [3.63, 3.8) is 0 Å². The molecule has 1 heterocycles. The molecule has 1 aliphatic heterocycles. The Morgan fingerprint density at radius 3 is 2.78 bits per heavy atom. The minimum absolute atomic E-state index is 0.340. The molecule has 2 rings (SSSR count). The molecular formula is C14H22N4. The predicted molar refractivity (Wildman–Crippen MR) is 76.8 cm³/mol. The minimum Gasteiger partial charge on any atom is -0.370 e. The number of nitrogens with two attached hydrogens (primary N) is 1. The molecule has 18 heavy (non-hydrogen) atoms. The summed E-state index contributed by atoms with van der Waals surface area (Å²) >= 11 is 0. The zero-order valence-corrected chi connectivity index (χ0v) is 11.1. The van der Waals surface area contributed by atoms with E-state index in [1.165, 1.54) is 0 Å². The van der Waals surface area contributed by atoms with Crippen LogP contribution in [0.15, 0.2) is 35.3 Å². The number of nitrogens with one attached hydrogen (secondary N) is 1. The molecule has 0 amide bonds. The summed E-state index contributed by atoms with van der Waals surface area (Å²) in [5.74, 6) is 0.517. The molecule has 0 bridgehead atoms. The van der Waals surface area contributed by atoms with E-state index in [1.54, 1.807) is 0 Å². The number of hydrogen-bond donors (Lipinski definition) is 2. The van der Waals surface area contributed by atoms with Crippen LogP contribution >= 0.6 is 0 Å². The first-order chi connectivity index (χ1) is 8.65. The Kier molecular flexibility index (Phi) is 4.20. The summed E-state index contributed by atoms with van der Waals surface area (Å²) in [6.07, 6.45) is 2.16. The summed E-state index contributed by atoms with van der Waals surface area (Å²) in [6.45, 7) is 3.33.